The Morgan fingerprint density at radius 1 is 0.800 bits per heavy atom. The first kappa shape index (κ1) is 11.1. The molecule has 0 saturated carbocycles. The van der Waals surface area contributed by atoms with Gasteiger partial charge in [0.25, 0.3) is 0 Å². The van der Waals surface area contributed by atoms with Gasteiger partial charge in [0.15, 0.2) is 6.29 Å². The number of carbonyl (C=O) groups is 1. The van der Waals surface area contributed by atoms with Gasteiger partial charge in [0.05, 0.1) is 5.52 Å². The van der Waals surface area contributed by atoms with Crippen LogP contribution in [0.5, 0.6) is 0 Å². The number of pyridine rings is 1. The lowest BCUT2D eigenvalue weighted by Gasteiger charge is -2.08. The Kier molecular flexibility index (Phi) is 2.30. The van der Waals surface area contributed by atoms with E-state index in [0.29, 0.717) is 5.56 Å². The van der Waals surface area contributed by atoms with E-state index >= 15 is 0 Å². The standard InChI is InChI=1S/C18H11NO/c20-11-14-5-3-7-16-18(14)17-13(10-19-16)9-8-12-4-1-2-6-15(12)17/h1-11H. The fraction of sp³-hybridized carbons (Fsp3) is 0. The van der Waals surface area contributed by atoms with Gasteiger partial charge in [0.2, 0.25) is 0 Å². The number of fused-ring (bicyclic) bond motifs is 5. The van der Waals surface area contributed by atoms with E-state index in [4.69, 9.17) is 0 Å². The Balaban J connectivity index is 2.39. The first-order chi connectivity index (χ1) is 9.88. The highest BCUT2D eigenvalue weighted by molar-refractivity contribution is 6.22. The summed E-state index contributed by atoms with van der Waals surface area (Å²) in [5.41, 5.74) is 1.55. The van der Waals surface area contributed by atoms with Gasteiger partial charge in [-0.3, -0.25) is 9.78 Å². The molecule has 1 aromatic heterocycles. The monoisotopic (exact) mass is 257 g/mol. The van der Waals surface area contributed by atoms with Gasteiger partial charge in [-0.25, -0.2) is 0 Å². The second-order valence-corrected chi connectivity index (χ2v) is 4.87. The van der Waals surface area contributed by atoms with Crippen LogP contribution in [0.3, 0.4) is 0 Å². The summed E-state index contributed by atoms with van der Waals surface area (Å²) in [6.45, 7) is 0. The molecule has 20 heavy (non-hydrogen) atoms. The zero-order chi connectivity index (χ0) is 13.5. The molecule has 4 rings (SSSR count). The predicted molar refractivity (Wildman–Crippen MR) is 82.1 cm³/mol. The second-order valence-electron chi connectivity index (χ2n) is 4.87. The number of nitrogens with zero attached hydrogens (tertiary/aromatic N) is 1. The van der Waals surface area contributed by atoms with E-state index in [9.17, 15) is 4.79 Å². The van der Waals surface area contributed by atoms with Gasteiger partial charge in [-0.15, -0.1) is 0 Å². The first-order valence-electron chi connectivity index (χ1n) is 6.53. The molecule has 2 nitrogen and oxygen atoms in total. The van der Waals surface area contributed by atoms with Crippen molar-refractivity contribution in [3.63, 3.8) is 0 Å². The molecule has 0 fully saturated rings. The molecule has 4 aromatic rings. The molecule has 0 radical (unpaired) electrons. The number of hydrogen-bond donors (Lipinski definition) is 0. The Morgan fingerprint density at radius 2 is 1.65 bits per heavy atom. The van der Waals surface area contributed by atoms with Crippen LogP contribution in [-0.2, 0) is 0 Å². The van der Waals surface area contributed by atoms with E-state index in [1.807, 2.05) is 36.5 Å². The molecule has 0 bridgehead atoms. The van der Waals surface area contributed by atoms with Crippen LogP contribution in [0.2, 0.25) is 0 Å². The topological polar surface area (TPSA) is 30.0 Å². The summed E-state index contributed by atoms with van der Waals surface area (Å²) in [6, 6.07) is 18.1. The van der Waals surface area contributed by atoms with Crippen LogP contribution >= 0.6 is 0 Å². The summed E-state index contributed by atoms with van der Waals surface area (Å²) in [5, 5.41) is 5.44. The molecule has 0 N–H and O–H groups in total. The molecule has 0 unspecified atom stereocenters. The van der Waals surface area contributed by atoms with Crippen molar-refractivity contribution in [1.29, 1.82) is 0 Å². The molecular weight excluding hydrogens is 246 g/mol. The second kappa shape index (κ2) is 4.14. The van der Waals surface area contributed by atoms with E-state index in [2.05, 4.69) is 29.2 Å². The molecule has 0 aliphatic carbocycles. The van der Waals surface area contributed by atoms with E-state index in [1.54, 1.807) is 0 Å². The highest BCUT2D eigenvalue weighted by Crippen LogP contribution is 2.32. The molecule has 0 aliphatic heterocycles. The van der Waals surface area contributed by atoms with Gasteiger partial charge in [0, 0.05) is 27.9 Å². The van der Waals surface area contributed by atoms with Crippen LogP contribution in [0, 0.1) is 0 Å². The molecule has 3 aromatic carbocycles. The van der Waals surface area contributed by atoms with E-state index in [0.717, 1.165) is 33.3 Å². The quantitative estimate of drug-likeness (QED) is 0.375. The molecule has 0 saturated heterocycles. The van der Waals surface area contributed by atoms with Crippen molar-refractivity contribution < 1.29 is 4.79 Å². The highest BCUT2D eigenvalue weighted by atomic mass is 16.1. The number of aromatic nitrogens is 1. The van der Waals surface area contributed by atoms with Gasteiger partial charge in [0.1, 0.15) is 0 Å². The zero-order valence-corrected chi connectivity index (χ0v) is 10.7. The number of aldehydes is 1. The minimum absolute atomic E-state index is 0.692. The molecule has 1 heterocycles. The third-order valence-corrected chi connectivity index (χ3v) is 3.76. The Labute approximate surface area is 115 Å². The summed E-state index contributed by atoms with van der Waals surface area (Å²) in [7, 11) is 0. The van der Waals surface area contributed by atoms with E-state index in [1.165, 1.54) is 5.39 Å². The minimum Gasteiger partial charge on any atom is -0.298 e. The smallest absolute Gasteiger partial charge is 0.150 e. The number of hydrogen-bond acceptors (Lipinski definition) is 2. The van der Waals surface area contributed by atoms with Gasteiger partial charge in [-0.2, -0.15) is 0 Å². The summed E-state index contributed by atoms with van der Waals surface area (Å²) in [5.74, 6) is 0. The van der Waals surface area contributed by atoms with Crippen molar-refractivity contribution >= 4 is 38.7 Å². The number of rotatable bonds is 1. The number of benzene rings is 3. The Morgan fingerprint density at radius 3 is 2.55 bits per heavy atom. The van der Waals surface area contributed by atoms with Crippen molar-refractivity contribution in [1.82, 2.24) is 4.98 Å². The van der Waals surface area contributed by atoms with Crippen molar-refractivity contribution in [2.75, 3.05) is 0 Å². The lowest BCUT2D eigenvalue weighted by Crippen LogP contribution is -1.89. The summed E-state index contributed by atoms with van der Waals surface area (Å²) in [4.78, 5) is 15.8. The fourth-order valence-electron chi connectivity index (χ4n) is 2.85. The summed E-state index contributed by atoms with van der Waals surface area (Å²) < 4.78 is 0. The van der Waals surface area contributed by atoms with Crippen LogP contribution in [0.4, 0.5) is 0 Å². The van der Waals surface area contributed by atoms with E-state index < -0.39 is 0 Å². The maximum Gasteiger partial charge on any atom is 0.150 e. The molecular formula is C18H11NO. The minimum atomic E-state index is 0.692. The molecule has 0 spiro atoms. The Bertz CT molecular complexity index is 967. The number of carbonyl (C=O) groups excluding carboxylic acids is 1. The lowest BCUT2D eigenvalue weighted by molar-refractivity contribution is 0.112. The highest BCUT2D eigenvalue weighted by Gasteiger charge is 2.09. The maximum absolute atomic E-state index is 11.4. The molecule has 0 amide bonds. The van der Waals surface area contributed by atoms with Crippen molar-refractivity contribution in [3.05, 3.63) is 66.4 Å². The van der Waals surface area contributed by atoms with Gasteiger partial charge < -0.3 is 0 Å². The normalized spacial score (nSPS) is 11.2. The first-order valence-corrected chi connectivity index (χ1v) is 6.53. The predicted octanol–water partition coefficient (Wildman–Crippen LogP) is 4.35. The summed E-state index contributed by atoms with van der Waals surface area (Å²) in [6.07, 6.45) is 2.78. The largest absolute Gasteiger partial charge is 0.298 e. The van der Waals surface area contributed by atoms with Gasteiger partial charge in [-0.05, 0) is 16.8 Å². The van der Waals surface area contributed by atoms with Crippen LogP contribution in [0.1, 0.15) is 10.4 Å². The third kappa shape index (κ3) is 1.45. The fourth-order valence-corrected chi connectivity index (χ4v) is 2.85. The zero-order valence-electron chi connectivity index (χ0n) is 10.7. The van der Waals surface area contributed by atoms with Crippen molar-refractivity contribution in [2.45, 2.75) is 0 Å². The third-order valence-electron chi connectivity index (χ3n) is 3.76. The van der Waals surface area contributed by atoms with E-state index in [-0.39, 0.29) is 0 Å². The average molecular weight is 257 g/mol. The van der Waals surface area contributed by atoms with Crippen molar-refractivity contribution in [2.24, 2.45) is 0 Å². The van der Waals surface area contributed by atoms with Gasteiger partial charge >= 0.3 is 0 Å². The SMILES string of the molecule is O=Cc1cccc2ncc3ccc4ccccc4c3c12. The molecule has 94 valence electrons. The summed E-state index contributed by atoms with van der Waals surface area (Å²) >= 11 is 0. The molecule has 0 aliphatic rings. The lowest BCUT2D eigenvalue weighted by atomic mass is 9.97. The Hall–Kier alpha value is -2.74. The average Bonchev–Trinajstić information content (AvgIpc) is 2.53. The van der Waals surface area contributed by atoms with Crippen molar-refractivity contribution in [3.8, 4) is 0 Å². The van der Waals surface area contributed by atoms with Crippen LogP contribution in [0.25, 0.3) is 32.4 Å². The van der Waals surface area contributed by atoms with Gasteiger partial charge in [-0.1, -0.05) is 48.5 Å². The molecule has 0 atom stereocenters. The molecule has 2 heteroatoms. The van der Waals surface area contributed by atoms with Crippen LogP contribution in [0.15, 0.2) is 60.8 Å². The van der Waals surface area contributed by atoms with Crippen LogP contribution < -0.4 is 0 Å². The maximum atomic E-state index is 11.4. The van der Waals surface area contributed by atoms with Crippen LogP contribution in [-0.4, -0.2) is 11.3 Å².